The Kier molecular flexibility index (Phi) is 9.46. The molecule has 0 N–H and O–H groups in total. The zero-order chi connectivity index (χ0) is 30.7. The first kappa shape index (κ1) is 30.9. The second-order valence-corrected chi connectivity index (χ2v) is 11.8. The molecule has 4 rings (SSSR count). The monoisotopic (exact) mass is 564 g/mol. The number of benzene rings is 4. The number of hydrogen-bond donors (Lipinski definition) is 0. The Hall–Kier alpha value is -4.05. The summed E-state index contributed by atoms with van der Waals surface area (Å²) in [6, 6.07) is 16.4. The van der Waals surface area contributed by atoms with Gasteiger partial charge in [-0.05, 0) is 148 Å². The number of aryl methyl sites for hydroxylation is 6. The highest BCUT2D eigenvalue weighted by Gasteiger charge is 2.19. The average molecular weight is 565 g/mol. The van der Waals surface area contributed by atoms with E-state index in [4.69, 9.17) is 14.2 Å². The van der Waals surface area contributed by atoms with Crippen LogP contribution in [0, 0.1) is 62.3 Å². The van der Waals surface area contributed by atoms with Gasteiger partial charge in [-0.25, -0.2) is 0 Å². The zero-order valence-corrected chi connectivity index (χ0v) is 26.9. The Morgan fingerprint density at radius 1 is 0.476 bits per heavy atom. The van der Waals surface area contributed by atoms with Gasteiger partial charge in [0.1, 0.15) is 19.8 Å². The van der Waals surface area contributed by atoms with Crippen molar-refractivity contribution < 1.29 is 19.0 Å². The Morgan fingerprint density at radius 3 is 1.05 bits per heavy atom. The number of ether oxygens (including phenoxy) is 3. The van der Waals surface area contributed by atoms with Crippen molar-refractivity contribution in [2.75, 3.05) is 0 Å². The minimum absolute atomic E-state index is 0.0647. The fraction of sp³-hybridized carbons (Fsp3) is 0.342. The lowest BCUT2D eigenvalue weighted by atomic mass is 10.0. The van der Waals surface area contributed by atoms with Gasteiger partial charge in [0.05, 0.1) is 0 Å². The van der Waals surface area contributed by atoms with Gasteiger partial charge in [-0.3, -0.25) is 4.79 Å². The van der Waals surface area contributed by atoms with Gasteiger partial charge >= 0.3 is 0 Å². The minimum atomic E-state index is -0.0647. The van der Waals surface area contributed by atoms with Crippen LogP contribution in [0.15, 0.2) is 48.5 Å². The predicted octanol–water partition coefficient (Wildman–Crippen LogP) is 9.40. The standard InChI is InChI=1S/C38H44O4/c1-22-11-32(12-23(2)28(22)7)19-40-36-17-35(31(10)39)18-37(41-20-33-13-24(3)29(8)25(4)14-33)38(36)42-21-34-15-26(5)30(9)27(6)16-34/h11-18H,19-21H2,1-10H3. The third-order valence-corrected chi connectivity index (χ3v) is 8.56. The summed E-state index contributed by atoms with van der Waals surface area (Å²) >= 11 is 0. The van der Waals surface area contributed by atoms with Crippen molar-refractivity contribution in [1.82, 2.24) is 0 Å². The summed E-state index contributed by atoms with van der Waals surface area (Å²) in [6.45, 7) is 21.7. The van der Waals surface area contributed by atoms with E-state index in [1.165, 1.54) is 50.1 Å². The summed E-state index contributed by atoms with van der Waals surface area (Å²) in [6.07, 6.45) is 0. The van der Waals surface area contributed by atoms with Crippen LogP contribution in [-0.2, 0) is 19.8 Å². The first-order valence-corrected chi connectivity index (χ1v) is 14.6. The van der Waals surface area contributed by atoms with Crippen molar-refractivity contribution in [1.29, 1.82) is 0 Å². The highest BCUT2D eigenvalue weighted by Crippen LogP contribution is 2.41. The van der Waals surface area contributed by atoms with Gasteiger partial charge in [0.25, 0.3) is 0 Å². The Morgan fingerprint density at radius 2 is 0.762 bits per heavy atom. The Bertz CT molecular complexity index is 1490. The molecule has 4 heteroatoms. The minimum Gasteiger partial charge on any atom is -0.485 e. The molecule has 0 bridgehead atoms. The summed E-state index contributed by atoms with van der Waals surface area (Å²) in [5.41, 5.74) is 14.9. The topological polar surface area (TPSA) is 44.8 Å². The lowest BCUT2D eigenvalue weighted by Crippen LogP contribution is -2.07. The van der Waals surface area contributed by atoms with Crippen LogP contribution in [0.1, 0.15) is 84.0 Å². The fourth-order valence-corrected chi connectivity index (χ4v) is 5.24. The molecule has 0 fully saturated rings. The highest BCUT2D eigenvalue weighted by atomic mass is 16.5. The van der Waals surface area contributed by atoms with Crippen LogP contribution in [0.3, 0.4) is 0 Å². The predicted molar refractivity (Wildman–Crippen MR) is 171 cm³/mol. The van der Waals surface area contributed by atoms with E-state index in [-0.39, 0.29) is 5.78 Å². The largest absolute Gasteiger partial charge is 0.485 e. The zero-order valence-electron chi connectivity index (χ0n) is 26.9. The molecule has 0 amide bonds. The van der Waals surface area contributed by atoms with E-state index in [1.807, 2.05) is 0 Å². The molecular weight excluding hydrogens is 520 g/mol. The van der Waals surface area contributed by atoms with Gasteiger partial charge in [0.15, 0.2) is 17.3 Å². The normalized spacial score (nSPS) is 11.0. The van der Waals surface area contributed by atoms with Crippen LogP contribution < -0.4 is 14.2 Å². The second-order valence-electron chi connectivity index (χ2n) is 11.8. The van der Waals surface area contributed by atoms with Crippen LogP contribution >= 0.6 is 0 Å². The Labute approximate surface area is 251 Å². The summed E-state index contributed by atoms with van der Waals surface area (Å²) < 4.78 is 19.3. The molecule has 0 heterocycles. The number of Topliss-reactive ketones (excluding diaryl/α,β-unsaturated/α-hetero) is 1. The molecular formula is C38H44O4. The fourth-order valence-electron chi connectivity index (χ4n) is 5.24. The lowest BCUT2D eigenvalue weighted by molar-refractivity contribution is 0.101. The number of rotatable bonds is 10. The third-order valence-electron chi connectivity index (χ3n) is 8.56. The van der Waals surface area contributed by atoms with E-state index in [9.17, 15) is 4.79 Å². The molecule has 0 aliphatic heterocycles. The number of hydrogen-bond acceptors (Lipinski definition) is 4. The van der Waals surface area contributed by atoms with Gasteiger partial charge in [-0.15, -0.1) is 0 Å². The van der Waals surface area contributed by atoms with E-state index in [0.29, 0.717) is 42.6 Å². The van der Waals surface area contributed by atoms with Crippen molar-refractivity contribution in [2.24, 2.45) is 0 Å². The molecule has 0 aliphatic carbocycles. The first-order valence-electron chi connectivity index (χ1n) is 14.6. The van der Waals surface area contributed by atoms with Gasteiger partial charge in [-0.2, -0.15) is 0 Å². The smallest absolute Gasteiger partial charge is 0.203 e. The molecule has 0 saturated carbocycles. The van der Waals surface area contributed by atoms with E-state index in [2.05, 4.69) is 98.7 Å². The van der Waals surface area contributed by atoms with Crippen LogP contribution in [0.5, 0.6) is 17.2 Å². The molecule has 0 aliphatic rings. The molecule has 0 aromatic heterocycles. The second kappa shape index (κ2) is 12.9. The van der Waals surface area contributed by atoms with E-state index in [0.717, 1.165) is 16.7 Å². The lowest BCUT2D eigenvalue weighted by Gasteiger charge is -2.20. The maximum Gasteiger partial charge on any atom is 0.203 e. The van der Waals surface area contributed by atoms with Crippen molar-refractivity contribution in [2.45, 2.75) is 89.1 Å². The third kappa shape index (κ3) is 7.05. The van der Waals surface area contributed by atoms with Crippen LogP contribution in [0.4, 0.5) is 0 Å². The van der Waals surface area contributed by atoms with E-state index >= 15 is 0 Å². The maximum atomic E-state index is 12.6. The average Bonchev–Trinajstić information content (AvgIpc) is 2.93. The van der Waals surface area contributed by atoms with Crippen molar-refractivity contribution >= 4 is 5.78 Å². The molecule has 4 nitrogen and oxygen atoms in total. The Balaban J connectivity index is 1.73. The summed E-state index contributed by atoms with van der Waals surface area (Å²) in [4.78, 5) is 12.6. The summed E-state index contributed by atoms with van der Waals surface area (Å²) in [7, 11) is 0. The van der Waals surface area contributed by atoms with Crippen LogP contribution in [-0.4, -0.2) is 5.78 Å². The van der Waals surface area contributed by atoms with Gasteiger partial charge in [0.2, 0.25) is 5.75 Å². The molecule has 0 unspecified atom stereocenters. The number of carbonyl (C=O) groups is 1. The summed E-state index contributed by atoms with van der Waals surface area (Å²) in [5, 5.41) is 0. The highest BCUT2D eigenvalue weighted by molar-refractivity contribution is 5.95. The molecule has 0 atom stereocenters. The first-order chi connectivity index (χ1) is 19.8. The SMILES string of the molecule is CC(=O)c1cc(OCc2cc(C)c(C)c(C)c2)c(OCc2cc(C)c(C)c(C)c2)c(OCc2cc(C)c(C)c(C)c2)c1. The van der Waals surface area contributed by atoms with Gasteiger partial charge in [0, 0.05) is 5.56 Å². The van der Waals surface area contributed by atoms with Crippen LogP contribution in [0.25, 0.3) is 0 Å². The molecule has 4 aromatic carbocycles. The maximum absolute atomic E-state index is 12.6. The molecule has 0 radical (unpaired) electrons. The summed E-state index contributed by atoms with van der Waals surface area (Å²) in [5.74, 6) is 1.41. The van der Waals surface area contributed by atoms with Crippen molar-refractivity contribution in [3.8, 4) is 17.2 Å². The van der Waals surface area contributed by atoms with E-state index in [1.54, 1.807) is 19.1 Å². The van der Waals surface area contributed by atoms with E-state index < -0.39 is 0 Å². The van der Waals surface area contributed by atoms with Gasteiger partial charge in [-0.1, -0.05) is 36.4 Å². The molecule has 0 saturated heterocycles. The molecule has 0 spiro atoms. The van der Waals surface area contributed by atoms with Gasteiger partial charge < -0.3 is 14.2 Å². The number of ketones is 1. The van der Waals surface area contributed by atoms with Crippen molar-refractivity contribution in [3.05, 3.63) is 121 Å². The van der Waals surface area contributed by atoms with Crippen molar-refractivity contribution in [3.63, 3.8) is 0 Å². The molecule has 220 valence electrons. The quantitative estimate of drug-likeness (QED) is 0.180. The molecule has 4 aromatic rings. The molecule has 42 heavy (non-hydrogen) atoms. The van der Waals surface area contributed by atoms with Crippen LogP contribution in [0.2, 0.25) is 0 Å². The number of carbonyl (C=O) groups excluding carboxylic acids is 1.